The summed E-state index contributed by atoms with van der Waals surface area (Å²) in [5.41, 5.74) is 1.87. The summed E-state index contributed by atoms with van der Waals surface area (Å²) in [5.74, 6) is 0.643. The first-order valence-electron chi connectivity index (χ1n) is 7.79. The molecule has 1 aliphatic rings. The Morgan fingerprint density at radius 1 is 0.958 bits per heavy atom. The number of carbonyl (C=O) groups excluding carboxylic acids is 1. The highest BCUT2D eigenvalue weighted by Gasteiger charge is 2.37. The molecule has 1 aliphatic heterocycles. The van der Waals surface area contributed by atoms with E-state index in [2.05, 4.69) is 0 Å². The van der Waals surface area contributed by atoms with E-state index in [0.717, 1.165) is 16.1 Å². The minimum absolute atomic E-state index is 0.0101. The molecule has 2 heterocycles. The number of amides is 1. The van der Waals surface area contributed by atoms with Gasteiger partial charge in [0.2, 0.25) is 5.91 Å². The highest BCUT2D eigenvalue weighted by Crippen LogP contribution is 2.44. The van der Waals surface area contributed by atoms with Crippen LogP contribution in [0.15, 0.2) is 65.5 Å². The molecule has 0 aliphatic carbocycles. The molecule has 24 heavy (non-hydrogen) atoms. The summed E-state index contributed by atoms with van der Waals surface area (Å²) >= 11 is 1.23. The maximum absolute atomic E-state index is 12.9. The Bertz CT molecular complexity index is 945. The average molecular weight is 336 g/mol. The fourth-order valence-corrected chi connectivity index (χ4v) is 4.31. The summed E-state index contributed by atoms with van der Waals surface area (Å²) < 4.78 is 1.58. The number of hydrogen-bond donors (Lipinski definition) is 0. The first-order chi connectivity index (χ1) is 11.7. The maximum atomic E-state index is 12.9. The van der Waals surface area contributed by atoms with Crippen molar-refractivity contribution in [3.8, 4) is 0 Å². The van der Waals surface area contributed by atoms with Crippen LogP contribution < -0.4 is 9.77 Å². The maximum Gasteiger partial charge on any atom is 0.308 e. The van der Waals surface area contributed by atoms with Crippen molar-refractivity contribution >= 4 is 28.7 Å². The largest absolute Gasteiger partial charge is 0.308 e. The number of anilines is 2. The minimum atomic E-state index is -0.0624. The summed E-state index contributed by atoms with van der Waals surface area (Å²) in [7, 11) is 1.73. The summed E-state index contributed by atoms with van der Waals surface area (Å²) in [4.78, 5) is 27.8. The van der Waals surface area contributed by atoms with Gasteiger partial charge in [-0.3, -0.25) is 19.1 Å². The van der Waals surface area contributed by atoms with Gasteiger partial charge in [0.15, 0.2) is 0 Å². The van der Waals surface area contributed by atoms with Gasteiger partial charge in [-0.05, 0) is 17.7 Å². The molecule has 4 nitrogen and oxygen atoms in total. The molecule has 0 radical (unpaired) electrons. The van der Waals surface area contributed by atoms with Gasteiger partial charge in [0.05, 0.1) is 10.6 Å². The third-order valence-electron chi connectivity index (χ3n) is 4.38. The zero-order valence-electron chi connectivity index (χ0n) is 13.2. The fourth-order valence-electron chi connectivity index (χ4n) is 3.22. The van der Waals surface area contributed by atoms with Gasteiger partial charge in [-0.15, -0.1) is 0 Å². The van der Waals surface area contributed by atoms with Gasteiger partial charge >= 0.3 is 4.87 Å². The van der Waals surface area contributed by atoms with Gasteiger partial charge in [-0.25, -0.2) is 0 Å². The molecular weight excluding hydrogens is 320 g/mol. The molecule has 4 rings (SSSR count). The van der Waals surface area contributed by atoms with Crippen LogP contribution in [-0.2, 0) is 11.8 Å². The molecule has 0 saturated carbocycles. The van der Waals surface area contributed by atoms with Crippen molar-refractivity contribution in [2.24, 2.45) is 7.05 Å². The van der Waals surface area contributed by atoms with Crippen molar-refractivity contribution in [2.75, 3.05) is 4.90 Å². The molecule has 0 saturated heterocycles. The molecule has 1 amide bonds. The van der Waals surface area contributed by atoms with Gasteiger partial charge in [-0.1, -0.05) is 59.9 Å². The van der Waals surface area contributed by atoms with Gasteiger partial charge in [-0.2, -0.15) is 0 Å². The number of hydrogen-bond acceptors (Lipinski definition) is 3. The zero-order chi connectivity index (χ0) is 16.7. The number of nitrogens with zero attached hydrogens (tertiary/aromatic N) is 2. The fraction of sp³-hybridized carbons (Fsp3) is 0.158. The molecule has 2 aromatic carbocycles. The van der Waals surface area contributed by atoms with Crippen LogP contribution in [0, 0.1) is 0 Å². The highest BCUT2D eigenvalue weighted by molar-refractivity contribution is 7.10. The lowest BCUT2D eigenvalue weighted by molar-refractivity contribution is -0.118. The van der Waals surface area contributed by atoms with E-state index in [4.69, 9.17) is 0 Å². The number of para-hydroxylation sites is 1. The molecule has 3 aromatic rings. The smallest absolute Gasteiger partial charge is 0.288 e. The molecule has 0 unspecified atom stereocenters. The summed E-state index contributed by atoms with van der Waals surface area (Å²) in [6.45, 7) is 0. The van der Waals surface area contributed by atoms with Crippen molar-refractivity contribution < 1.29 is 4.79 Å². The number of aromatic nitrogens is 1. The predicted octanol–water partition coefficient (Wildman–Crippen LogP) is 3.65. The lowest BCUT2D eigenvalue weighted by Crippen LogP contribution is -2.34. The van der Waals surface area contributed by atoms with Gasteiger partial charge in [0, 0.05) is 19.4 Å². The number of benzene rings is 2. The molecule has 0 bridgehead atoms. The van der Waals surface area contributed by atoms with Gasteiger partial charge in [0.1, 0.15) is 5.82 Å². The number of thiazole rings is 1. The number of fused-ring (bicyclic) bond motifs is 1. The first kappa shape index (κ1) is 14.9. The monoisotopic (exact) mass is 336 g/mol. The van der Waals surface area contributed by atoms with E-state index in [-0.39, 0.29) is 16.7 Å². The third kappa shape index (κ3) is 2.29. The van der Waals surface area contributed by atoms with Crippen LogP contribution in [-0.4, -0.2) is 10.5 Å². The lowest BCUT2D eigenvalue weighted by atomic mass is 9.90. The van der Waals surface area contributed by atoms with E-state index in [1.54, 1.807) is 16.5 Å². The number of rotatable bonds is 2. The Labute approximate surface area is 143 Å². The SMILES string of the molecule is Cn1c2c(sc1=O)[C@H](c1ccccc1)CC(=O)N2c1ccccc1. The van der Waals surface area contributed by atoms with Crippen molar-refractivity contribution in [3.63, 3.8) is 0 Å². The molecule has 5 heteroatoms. The second kappa shape index (κ2) is 5.76. The molecule has 0 fully saturated rings. The van der Waals surface area contributed by atoms with E-state index < -0.39 is 0 Å². The Morgan fingerprint density at radius 3 is 2.25 bits per heavy atom. The highest BCUT2D eigenvalue weighted by atomic mass is 32.1. The Morgan fingerprint density at radius 2 is 1.58 bits per heavy atom. The molecule has 1 atom stereocenters. The van der Waals surface area contributed by atoms with Crippen molar-refractivity contribution in [1.82, 2.24) is 4.57 Å². The predicted molar refractivity (Wildman–Crippen MR) is 96.1 cm³/mol. The summed E-state index contributed by atoms with van der Waals surface area (Å²) in [5, 5.41) is 0. The first-order valence-corrected chi connectivity index (χ1v) is 8.61. The summed E-state index contributed by atoms with van der Waals surface area (Å²) in [6, 6.07) is 19.4. The van der Waals surface area contributed by atoms with Crippen molar-refractivity contribution in [3.05, 3.63) is 80.8 Å². The quantitative estimate of drug-likeness (QED) is 0.717. The Kier molecular flexibility index (Phi) is 3.58. The van der Waals surface area contributed by atoms with Gasteiger partial charge in [0.25, 0.3) is 0 Å². The topological polar surface area (TPSA) is 42.3 Å². The third-order valence-corrected chi connectivity index (χ3v) is 5.52. The standard InChI is InChI=1S/C19H16N2O2S/c1-20-18-17(24-19(20)23)15(13-8-4-2-5-9-13)12-16(22)21(18)14-10-6-3-7-11-14/h2-11,15H,12H2,1H3/t15-/m0/s1. The Hall–Kier alpha value is -2.66. The number of carbonyl (C=O) groups is 1. The van der Waals surface area contributed by atoms with E-state index in [9.17, 15) is 9.59 Å². The van der Waals surface area contributed by atoms with Gasteiger partial charge < -0.3 is 0 Å². The van der Waals surface area contributed by atoms with Crippen LogP contribution >= 0.6 is 11.3 Å². The van der Waals surface area contributed by atoms with Crippen LogP contribution in [0.2, 0.25) is 0 Å². The van der Waals surface area contributed by atoms with E-state index in [0.29, 0.717) is 12.2 Å². The molecule has 120 valence electrons. The van der Waals surface area contributed by atoms with E-state index in [1.165, 1.54) is 11.3 Å². The van der Waals surface area contributed by atoms with E-state index in [1.807, 2.05) is 60.7 Å². The van der Waals surface area contributed by atoms with Crippen LogP contribution in [0.3, 0.4) is 0 Å². The van der Waals surface area contributed by atoms with Crippen LogP contribution in [0.25, 0.3) is 0 Å². The summed E-state index contributed by atoms with van der Waals surface area (Å²) in [6.07, 6.45) is 0.367. The zero-order valence-corrected chi connectivity index (χ0v) is 14.0. The van der Waals surface area contributed by atoms with E-state index >= 15 is 0 Å². The minimum Gasteiger partial charge on any atom is -0.288 e. The van der Waals surface area contributed by atoms with Crippen molar-refractivity contribution in [2.45, 2.75) is 12.3 Å². The normalized spacial score (nSPS) is 17.0. The second-order valence-corrected chi connectivity index (χ2v) is 6.84. The van der Waals surface area contributed by atoms with Crippen LogP contribution in [0.4, 0.5) is 11.5 Å². The Balaban J connectivity index is 1.92. The molecule has 0 N–H and O–H groups in total. The molecular formula is C19H16N2O2S. The molecule has 0 spiro atoms. The van der Waals surface area contributed by atoms with Crippen molar-refractivity contribution in [1.29, 1.82) is 0 Å². The second-order valence-electron chi connectivity index (χ2n) is 5.85. The average Bonchev–Trinajstić information content (AvgIpc) is 2.91. The van der Waals surface area contributed by atoms with Crippen LogP contribution in [0.1, 0.15) is 22.8 Å². The molecule has 1 aromatic heterocycles. The lowest BCUT2D eigenvalue weighted by Gasteiger charge is -2.32. The van der Waals surface area contributed by atoms with Crippen LogP contribution in [0.5, 0.6) is 0 Å².